The first-order valence-electron chi connectivity index (χ1n) is 8.10. The SMILES string of the molecule is O=C(NCc1ccccc1Cl)N1CCN(Cc2cccnc2)CC1. The number of benzene rings is 1. The summed E-state index contributed by atoms with van der Waals surface area (Å²) in [6.07, 6.45) is 3.67. The normalized spacial score (nSPS) is 15.3. The summed E-state index contributed by atoms with van der Waals surface area (Å²) in [7, 11) is 0. The van der Waals surface area contributed by atoms with E-state index < -0.39 is 0 Å². The second kappa shape index (κ2) is 8.13. The molecule has 0 atom stereocenters. The van der Waals surface area contributed by atoms with Gasteiger partial charge in [0.1, 0.15) is 0 Å². The van der Waals surface area contributed by atoms with E-state index in [1.54, 1.807) is 6.20 Å². The highest BCUT2D eigenvalue weighted by Crippen LogP contribution is 2.14. The summed E-state index contributed by atoms with van der Waals surface area (Å²) in [5.41, 5.74) is 2.14. The maximum atomic E-state index is 12.3. The van der Waals surface area contributed by atoms with Gasteiger partial charge in [-0.05, 0) is 23.3 Å². The minimum Gasteiger partial charge on any atom is -0.334 e. The molecule has 0 bridgehead atoms. The van der Waals surface area contributed by atoms with Crippen LogP contribution in [0.5, 0.6) is 0 Å². The fourth-order valence-corrected chi connectivity index (χ4v) is 2.99. The van der Waals surface area contributed by atoms with Gasteiger partial charge in [-0.1, -0.05) is 35.9 Å². The van der Waals surface area contributed by atoms with Gasteiger partial charge in [0, 0.05) is 56.7 Å². The molecule has 0 saturated carbocycles. The Hall–Kier alpha value is -2.11. The minimum atomic E-state index is -0.0315. The molecule has 5 nitrogen and oxygen atoms in total. The molecule has 2 aromatic rings. The number of nitrogens with zero attached hydrogens (tertiary/aromatic N) is 3. The van der Waals surface area contributed by atoms with Gasteiger partial charge in [-0.15, -0.1) is 0 Å². The van der Waals surface area contributed by atoms with Crippen LogP contribution in [0.15, 0.2) is 48.8 Å². The van der Waals surface area contributed by atoms with Crippen molar-refractivity contribution < 1.29 is 4.79 Å². The molecule has 1 aliphatic rings. The number of carbonyl (C=O) groups excluding carboxylic acids is 1. The fourth-order valence-electron chi connectivity index (χ4n) is 2.78. The van der Waals surface area contributed by atoms with E-state index in [9.17, 15) is 4.79 Å². The summed E-state index contributed by atoms with van der Waals surface area (Å²) in [4.78, 5) is 20.6. The zero-order valence-electron chi connectivity index (χ0n) is 13.5. The number of halogens is 1. The van der Waals surface area contributed by atoms with Gasteiger partial charge < -0.3 is 10.2 Å². The molecule has 6 heteroatoms. The van der Waals surface area contributed by atoms with Gasteiger partial charge >= 0.3 is 6.03 Å². The monoisotopic (exact) mass is 344 g/mol. The molecule has 1 aromatic heterocycles. The van der Waals surface area contributed by atoms with Crippen LogP contribution < -0.4 is 5.32 Å². The van der Waals surface area contributed by atoms with Gasteiger partial charge in [0.25, 0.3) is 0 Å². The molecule has 2 heterocycles. The summed E-state index contributed by atoms with van der Waals surface area (Å²) in [6, 6.07) is 11.6. The molecule has 2 amide bonds. The van der Waals surface area contributed by atoms with E-state index in [1.807, 2.05) is 41.4 Å². The third-order valence-corrected chi connectivity index (χ3v) is 4.55. The molecule has 24 heavy (non-hydrogen) atoms. The number of piperazine rings is 1. The van der Waals surface area contributed by atoms with E-state index in [0.717, 1.165) is 38.3 Å². The number of nitrogens with one attached hydrogen (secondary N) is 1. The molecule has 1 saturated heterocycles. The highest BCUT2D eigenvalue weighted by atomic mass is 35.5. The molecule has 0 aliphatic carbocycles. The van der Waals surface area contributed by atoms with Crippen molar-refractivity contribution in [2.45, 2.75) is 13.1 Å². The summed E-state index contributed by atoms with van der Waals surface area (Å²) in [5, 5.41) is 3.63. The molecule has 0 radical (unpaired) electrons. The summed E-state index contributed by atoms with van der Waals surface area (Å²) in [6.45, 7) is 4.53. The number of amides is 2. The van der Waals surface area contributed by atoms with Crippen molar-refractivity contribution in [2.24, 2.45) is 0 Å². The van der Waals surface area contributed by atoms with Crippen LogP contribution in [0.3, 0.4) is 0 Å². The van der Waals surface area contributed by atoms with Crippen LogP contribution in [0.1, 0.15) is 11.1 Å². The Labute approximate surface area is 147 Å². The van der Waals surface area contributed by atoms with E-state index >= 15 is 0 Å². The van der Waals surface area contributed by atoms with Crippen molar-refractivity contribution in [3.8, 4) is 0 Å². The standard InChI is InChI=1S/C18H21ClN4O/c19-17-6-2-1-5-16(17)13-21-18(24)23-10-8-22(9-11-23)14-15-4-3-7-20-12-15/h1-7,12H,8-11,13-14H2,(H,21,24). The van der Waals surface area contributed by atoms with Crippen LogP contribution in [-0.4, -0.2) is 47.0 Å². The van der Waals surface area contributed by atoms with Gasteiger partial charge in [0.2, 0.25) is 0 Å². The second-order valence-corrected chi connectivity index (χ2v) is 6.28. The molecular formula is C18H21ClN4O. The minimum absolute atomic E-state index is 0.0315. The Morgan fingerprint density at radius 1 is 1.12 bits per heavy atom. The van der Waals surface area contributed by atoms with E-state index in [2.05, 4.69) is 21.3 Å². The highest BCUT2D eigenvalue weighted by Gasteiger charge is 2.21. The van der Waals surface area contributed by atoms with E-state index in [4.69, 9.17) is 11.6 Å². The maximum absolute atomic E-state index is 12.3. The molecule has 1 fully saturated rings. The lowest BCUT2D eigenvalue weighted by atomic mass is 10.2. The summed E-state index contributed by atoms with van der Waals surface area (Å²) >= 11 is 6.11. The van der Waals surface area contributed by atoms with Crippen LogP contribution in [0.2, 0.25) is 5.02 Å². The van der Waals surface area contributed by atoms with Crippen molar-refractivity contribution in [1.82, 2.24) is 20.1 Å². The number of pyridine rings is 1. The van der Waals surface area contributed by atoms with Gasteiger partial charge in [-0.2, -0.15) is 0 Å². The van der Waals surface area contributed by atoms with Crippen molar-refractivity contribution in [3.05, 3.63) is 64.9 Å². The number of hydrogen-bond acceptors (Lipinski definition) is 3. The average Bonchev–Trinajstić information content (AvgIpc) is 2.62. The first-order valence-corrected chi connectivity index (χ1v) is 8.47. The van der Waals surface area contributed by atoms with Crippen LogP contribution in [0.4, 0.5) is 4.79 Å². The van der Waals surface area contributed by atoms with Gasteiger partial charge in [0.05, 0.1) is 0 Å². The molecule has 0 spiro atoms. The van der Waals surface area contributed by atoms with E-state index in [0.29, 0.717) is 11.6 Å². The number of carbonyl (C=O) groups is 1. The molecule has 1 N–H and O–H groups in total. The Balaban J connectivity index is 1.44. The number of hydrogen-bond donors (Lipinski definition) is 1. The zero-order valence-corrected chi connectivity index (χ0v) is 14.2. The lowest BCUT2D eigenvalue weighted by Gasteiger charge is -2.34. The van der Waals surface area contributed by atoms with Gasteiger partial charge in [-0.25, -0.2) is 4.79 Å². The quantitative estimate of drug-likeness (QED) is 0.927. The molecule has 3 rings (SSSR count). The Bertz CT molecular complexity index is 672. The lowest BCUT2D eigenvalue weighted by Crippen LogP contribution is -2.51. The second-order valence-electron chi connectivity index (χ2n) is 5.87. The van der Waals surface area contributed by atoms with Crippen molar-refractivity contribution in [2.75, 3.05) is 26.2 Å². The average molecular weight is 345 g/mol. The third-order valence-electron chi connectivity index (χ3n) is 4.18. The first kappa shape index (κ1) is 16.7. The molecule has 1 aliphatic heterocycles. The van der Waals surface area contributed by atoms with Crippen LogP contribution in [-0.2, 0) is 13.1 Å². The smallest absolute Gasteiger partial charge is 0.317 e. The highest BCUT2D eigenvalue weighted by molar-refractivity contribution is 6.31. The number of urea groups is 1. The largest absolute Gasteiger partial charge is 0.334 e. The maximum Gasteiger partial charge on any atom is 0.317 e. The predicted octanol–water partition coefficient (Wildman–Crippen LogP) is 2.76. The predicted molar refractivity (Wildman–Crippen MR) is 94.8 cm³/mol. The number of aromatic nitrogens is 1. The molecule has 1 aromatic carbocycles. The van der Waals surface area contributed by atoms with Crippen molar-refractivity contribution in [3.63, 3.8) is 0 Å². The van der Waals surface area contributed by atoms with E-state index in [-0.39, 0.29) is 6.03 Å². The fraction of sp³-hybridized carbons (Fsp3) is 0.333. The van der Waals surface area contributed by atoms with Crippen LogP contribution in [0.25, 0.3) is 0 Å². The Morgan fingerprint density at radius 2 is 1.92 bits per heavy atom. The topological polar surface area (TPSA) is 48.5 Å². The first-order chi connectivity index (χ1) is 11.7. The van der Waals surface area contributed by atoms with Crippen molar-refractivity contribution in [1.29, 1.82) is 0 Å². The molecule has 0 unspecified atom stereocenters. The third kappa shape index (κ3) is 4.46. The Kier molecular flexibility index (Phi) is 5.67. The summed E-state index contributed by atoms with van der Waals surface area (Å²) < 4.78 is 0. The van der Waals surface area contributed by atoms with E-state index in [1.165, 1.54) is 5.56 Å². The lowest BCUT2D eigenvalue weighted by molar-refractivity contribution is 0.135. The van der Waals surface area contributed by atoms with Gasteiger partial charge in [0.15, 0.2) is 0 Å². The Morgan fingerprint density at radius 3 is 2.62 bits per heavy atom. The zero-order chi connectivity index (χ0) is 16.8. The summed E-state index contributed by atoms with van der Waals surface area (Å²) in [5.74, 6) is 0. The number of rotatable bonds is 4. The molecular weight excluding hydrogens is 324 g/mol. The van der Waals surface area contributed by atoms with Crippen molar-refractivity contribution >= 4 is 17.6 Å². The van der Waals surface area contributed by atoms with Gasteiger partial charge in [-0.3, -0.25) is 9.88 Å². The van der Waals surface area contributed by atoms with Crippen LogP contribution >= 0.6 is 11.6 Å². The molecule has 126 valence electrons. The van der Waals surface area contributed by atoms with Crippen LogP contribution in [0, 0.1) is 0 Å².